The van der Waals surface area contributed by atoms with Gasteiger partial charge in [0, 0.05) is 50.0 Å². The van der Waals surface area contributed by atoms with Gasteiger partial charge in [0.05, 0.1) is 16.7 Å². The van der Waals surface area contributed by atoms with Gasteiger partial charge in [0.15, 0.2) is 0 Å². The number of aromatic nitrogens is 1. The molecule has 0 saturated carbocycles. The molecule has 0 radical (unpaired) electrons. The van der Waals surface area contributed by atoms with Crippen molar-refractivity contribution in [3.05, 3.63) is 245 Å². The quantitative estimate of drug-likeness (QED) is 0.167. The van der Waals surface area contributed by atoms with Gasteiger partial charge in [0.25, 0.3) is 0 Å². The predicted octanol–water partition coefficient (Wildman–Crippen LogP) is 17.5. The summed E-state index contributed by atoms with van der Waals surface area (Å²) >= 11 is 0. The number of benzene rings is 9. The lowest BCUT2D eigenvalue weighted by atomic mass is 9.74. The molecule has 2 heteroatoms. The van der Waals surface area contributed by atoms with Crippen molar-refractivity contribution in [1.29, 1.82) is 0 Å². The Balaban J connectivity index is 0.877. The minimum atomic E-state index is -0.227. The highest BCUT2D eigenvalue weighted by Crippen LogP contribution is 2.57. The molecule has 2 unspecified atom stereocenters. The van der Waals surface area contributed by atoms with E-state index in [9.17, 15) is 0 Å². The number of rotatable bonds is 5. The SMILES string of the molecule is CC1(C)c2ccccc2-c2ccc(N(C3=CC4C(C=C3)c3ccccc3C4(C)C)c3ccc4c(c3)C(C)(C)c3cc(-c5ccc6c(c5)c5ccccc5n6-c5cccc6ccccc56)ccc3-4)cc21. The summed E-state index contributed by atoms with van der Waals surface area (Å²) < 4.78 is 2.45. The number of hydrogen-bond acceptors (Lipinski definition) is 1. The largest absolute Gasteiger partial charge is 0.311 e. The number of anilines is 2. The Morgan fingerprint density at radius 1 is 0.435 bits per heavy atom. The van der Waals surface area contributed by atoms with Crippen LogP contribution in [0.1, 0.15) is 80.8 Å². The molecular formula is C67H54N2. The summed E-state index contributed by atoms with van der Waals surface area (Å²) in [5, 5.41) is 5.04. The number of fused-ring (bicyclic) bond motifs is 13. The molecule has 0 fully saturated rings. The van der Waals surface area contributed by atoms with Crippen LogP contribution in [0, 0.1) is 5.92 Å². The average molecular weight is 887 g/mol. The Morgan fingerprint density at radius 2 is 1.00 bits per heavy atom. The fourth-order valence-corrected chi connectivity index (χ4v) is 13.5. The minimum Gasteiger partial charge on any atom is -0.311 e. The van der Waals surface area contributed by atoms with E-state index >= 15 is 0 Å². The van der Waals surface area contributed by atoms with Gasteiger partial charge in [0.2, 0.25) is 0 Å². The first-order chi connectivity index (χ1) is 33.5. The van der Waals surface area contributed by atoms with Crippen molar-refractivity contribution in [3.63, 3.8) is 0 Å². The zero-order valence-corrected chi connectivity index (χ0v) is 40.2. The third-order valence-corrected chi connectivity index (χ3v) is 17.1. The number of hydrogen-bond donors (Lipinski definition) is 0. The van der Waals surface area contributed by atoms with E-state index in [1.165, 1.54) is 122 Å². The van der Waals surface area contributed by atoms with Crippen LogP contribution >= 0.6 is 0 Å². The Bertz CT molecular complexity index is 3900. The van der Waals surface area contributed by atoms with Crippen LogP contribution in [0.3, 0.4) is 0 Å². The highest BCUT2D eigenvalue weighted by atomic mass is 15.1. The number of nitrogens with zero attached hydrogens (tertiary/aromatic N) is 2. The molecule has 0 saturated heterocycles. The smallest absolute Gasteiger partial charge is 0.0541 e. The maximum Gasteiger partial charge on any atom is 0.0541 e. The van der Waals surface area contributed by atoms with Gasteiger partial charge in [0.1, 0.15) is 0 Å². The van der Waals surface area contributed by atoms with Crippen molar-refractivity contribution in [2.24, 2.45) is 5.92 Å². The number of allylic oxidation sites excluding steroid dienone is 3. The topological polar surface area (TPSA) is 8.17 Å². The van der Waals surface area contributed by atoms with Crippen molar-refractivity contribution in [1.82, 2.24) is 4.57 Å². The first-order valence-electron chi connectivity index (χ1n) is 24.8. The zero-order chi connectivity index (χ0) is 46.6. The molecule has 0 aliphatic heterocycles. The molecule has 2 atom stereocenters. The summed E-state index contributed by atoms with van der Waals surface area (Å²) in [5.74, 6) is 0.705. The van der Waals surface area contributed by atoms with Crippen molar-refractivity contribution in [2.45, 2.75) is 63.7 Å². The third-order valence-electron chi connectivity index (χ3n) is 17.1. The molecule has 0 amide bonds. The fraction of sp³-hybridized carbons (Fsp3) is 0.164. The molecule has 69 heavy (non-hydrogen) atoms. The zero-order valence-electron chi connectivity index (χ0n) is 40.2. The van der Waals surface area contributed by atoms with Crippen molar-refractivity contribution in [3.8, 4) is 39.1 Å². The summed E-state index contributed by atoms with van der Waals surface area (Å²) in [6.07, 6.45) is 7.48. The van der Waals surface area contributed by atoms with Crippen molar-refractivity contribution < 1.29 is 0 Å². The summed E-state index contributed by atoms with van der Waals surface area (Å²) in [4.78, 5) is 2.56. The maximum absolute atomic E-state index is 2.59. The molecule has 14 rings (SSSR count). The van der Waals surface area contributed by atoms with Gasteiger partial charge >= 0.3 is 0 Å². The van der Waals surface area contributed by atoms with E-state index in [-0.39, 0.29) is 16.2 Å². The van der Waals surface area contributed by atoms with Gasteiger partial charge in [-0.1, -0.05) is 187 Å². The van der Waals surface area contributed by atoms with Gasteiger partial charge in [-0.25, -0.2) is 0 Å². The number of para-hydroxylation sites is 1. The molecule has 0 N–H and O–H groups in total. The molecule has 0 spiro atoms. The minimum absolute atomic E-state index is 0.00215. The Hall–Kier alpha value is -7.68. The van der Waals surface area contributed by atoms with E-state index in [4.69, 9.17) is 0 Å². The second kappa shape index (κ2) is 14.2. The lowest BCUT2D eigenvalue weighted by Gasteiger charge is -2.35. The molecule has 9 aromatic carbocycles. The lowest BCUT2D eigenvalue weighted by molar-refractivity contribution is 0.392. The highest BCUT2D eigenvalue weighted by Gasteiger charge is 2.46. The van der Waals surface area contributed by atoms with Gasteiger partial charge in [-0.05, 0) is 144 Å². The van der Waals surface area contributed by atoms with Crippen LogP contribution in [0.15, 0.2) is 212 Å². The van der Waals surface area contributed by atoms with Crippen molar-refractivity contribution in [2.75, 3.05) is 4.90 Å². The van der Waals surface area contributed by atoms with Crippen LogP contribution in [0.2, 0.25) is 0 Å². The van der Waals surface area contributed by atoms with E-state index < -0.39 is 0 Å². The van der Waals surface area contributed by atoms with Crippen LogP contribution in [-0.2, 0) is 16.2 Å². The van der Waals surface area contributed by atoms with Crippen LogP contribution < -0.4 is 4.90 Å². The molecular weight excluding hydrogens is 833 g/mol. The molecule has 10 aromatic rings. The van der Waals surface area contributed by atoms with E-state index in [2.05, 4.69) is 257 Å². The van der Waals surface area contributed by atoms with E-state index in [0.29, 0.717) is 11.8 Å². The molecule has 1 aromatic heterocycles. The van der Waals surface area contributed by atoms with Crippen LogP contribution in [0.5, 0.6) is 0 Å². The standard InChI is InChI=1S/C67H54N2/c1-65(2)56-22-12-9-19-48(56)51-32-28-44(38-59(51)65)68(45-29-33-52-49-20-10-13-23-57(49)66(3,4)60(52)39-45)46-30-34-53-50-31-26-43(37-58(50)67(5,6)61(53)40-46)42-27-35-64-55(36-42)54-21-11-14-24-63(54)69(64)62-25-15-17-41-16-7-8-18-47(41)62/h7-40,51,59H,1-6H3. The summed E-state index contributed by atoms with van der Waals surface area (Å²) in [5.41, 5.74) is 23.2. The molecule has 332 valence electrons. The van der Waals surface area contributed by atoms with E-state index in [1.54, 1.807) is 0 Å². The first-order valence-corrected chi connectivity index (χ1v) is 24.8. The van der Waals surface area contributed by atoms with Crippen LogP contribution in [0.4, 0.5) is 11.4 Å². The van der Waals surface area contributed by atoms with Crippen LogP contribution in [0.25, 0.3) is 71.6 Å². The van der Waals surface area contributed by atoms with E-state index in [0.717, 1.165) is 0 Å². The normalized spacial score (nSPS) is 18.4. The van der Waals surface area contributed by atoms with Gasteiger partial charge in [-0.3, -0.25) is 0 Å². The Kier molecular flexibility index (Phi) is 8.30. The Morgan fingerprint density at radius 3 is 1.78 bits per heavy atom. The molecule has 4 aliphatic carbocycles. The second-order valence-corrected chi connectivity index (χ2v) is 21.7. The predicted molar refractivity (Wildman–Crippen MR) is 290 cm³/mol. The summed E-state index contributed by atoms with van der Waals surface area (Å²) in [6.45, 7) is 14.5. The fourth-order valence-electron chi connectivity index (χ4n) is 13.5. The molecule has 2 nitrogen and oxygen atoms in total. The first kappa shape index (κ1) is 40.4. The monoisotopic (exact) mass is 886 g/mol. The second-order valence-electron chi connectivity index (χ2n) is 21.7. The van der Waals surface area contributed by atoms with Gasteiger partial charge in [-0.2, -0.15) is 0 Å². The van der Waals surface area contributed by atoms with E-state index in [1.807, 2.05) is 0 Å². The average Bonchev–Trinajstić information content (AvgIpc) is 3.99. The van der Waals surface area contributed by atoms with Crippen molar-refractivity contribution >= 4 is 44.0 Å². The summed E-state index contributed by atoms with van der Waals surface area (Å²) in [6, 6.07) is 71.1. The molecule has 0 bridgehead atoms. The lowest BCUT2D eigenvalue weighted by Crippen LogP contribution is -2.28. The van der Waals surface area contributed by atoms with Gasteiger partial charge < -0.3 is 9.47 Å². The molecule has 1 heterocycles. The summed E-state index contributed by atoms with van der Waals surface area (Å²) in [7, 11) is 0. The molecule has 4 aliphatic rings. The van der Waals surface area contributed by atoms with Gasteiger partial charge in [-0.15, -0.1) is 0 Å². The van der Waals surface area contributed by atoms with Crippen LogP contribution in [-0.4, -0.2) is 4.57 Å². The maximum atomic E-state index is 2.59. The Labute approximate surface area is 405 Å². The third kappa shape index (κ3) is 5.61. The highest BCUT2D eigenvalue weighted by molar-refractivity contribution is 6.12.